The molecule has 0 heterocycles. The van der Waals surface area contributed by atoms with Gasteiger partial charge in [0.25, 0.3) is 0 Å². The molecule has 6 nitrogen and oxygen atoms in total. The first-order chi connectivity index (χ1) is 40.0. The van der Waals surface area contributed by atoms with Gasteiger partial charge in [-0.15, -0.1) is 0 Å². The molecule has 0 aliphatic heterocycles. The summed E-state index contributed by atoms with van der Waals surface area (Å²) in [6.07, 6.45) is 89.8. The molecule has 1 atom stereocenters. The van der Waals surface area contributed by atoms with Crippen LogP contribution in [0.1, 0.15) is 380 Å². The van der Waals surface area contributed by atoms with Crippen LogP contribution in [-0.2, 0) is 28.6 Å². The van der Waals surface area contributed by atoms with E-state index < -0.39 is 6.10 Å². The molecule has 0 spiro atoms. The summed E-state index contributed by atoms with van der Waals surface area (Å²) in [7, 11) is 0. The molecule has 0 aromatic heterocycles. The fraction of sp³-hybridized carbons (Fsp3) is 0.827. The van der Waals surface area contributed by atoms with E-state index in [1.165, 1.54) is 250 Å². The van der Waals surface area contributed by atoms with Gasteiger partial charge in [0.2, 0.25) is 0 Å². The van der Waals surface area contributed by atoms with Crippen molar-refractivity contribution >= 4 is 17.9 Å². The Bertz CT molecular complexity index is 1440. The van der Waals surface area contributed by atoms with Crippen LogP contribution in [0.4, 0.5) is 0 Å². The molecule has 0 aliphatic rings. The number of allylic oxidation sites excluding steroid dienone is 10. The summed E-state index contributed by atoms with van der Waals surface area (Å²) >= 11 is 0. The second-order valence-electron chi connectivity index (χ2n) is 24.1. The highest BCUT2D eigenvalue weighted by atomic mass is 16.6. The zero-order valence-electron chi connectivity index (χ0n) is 54.3. The fourth-order valence-electron chi connectivity index (χ4n) is 10.7. The molecule has 0 rings (SSSR count). The van der Waals surface area contributed by atoms with Crippen molar-refractivity contribution in [1.82, 2.24) is 0 Å². The third-order valence-corrected chi connectivity index (χ3v) is 16.0. The van der Waals surface area contributed by atoms with Crippen LogP contribution in [0.2, 0.25) is 0 Å². The maximum Gasteiger partial charge on any atom is 0.306 e. The van der Waals surface area contributed by atoms with Gasteiger partial charge in [0.1, 0.15) is 13.2 Å². The molecule has 472 valence electrons. The summed E-state index contributed by atoms with van der Waals surface area (Å²) in [6.45, 7) is 6.57. The average Bonchev–Trinajstić information content (AvgIpc) is 3.47. The van der Waals surface area contributed by atoms with E-state index in [2.05, 4.69) is 81.5 Å². The van der Waals surface area contributed by atoms with Crippen molar-refractivity contribution in [3.63, 3.8) is 0 Å². The molecule has 0 aromatic carbocycles. The predicted octanol–water partition coefficient (Wildman–Crippen LogP) is 24.7. The molecule has 0 amide bonds. The van der Waals surface area contributed by atoms with Crippen LogP contribution in [-0.4, -0.2) is 37.2 Å². The first-order valence-corrected chi connectivity index (χ1v) is 35.8. The van der Waals surface area contributed by atoms with E-state index >= 15 is 0 Å². The van der Waals surface area contributed by atoms with Crippen molar-refractivity contribution in [3.05, 3.63) is 60.8 Å². The van der Waals surface area contributed by atoms with Gasteiger partial charge in [-0.05, 0) is 83.5 Å². The number of ether oxygens (including phenoxy) is 3. The molecule has 0 fully saturated rings. The minimum Gasteiger partial charge on any atom is -0.462 e. The van der Waals surface area contributed by atoms with Gasteiger partial charge in [0.05, 0.1) is 0 Å². The highest BCUT2D eigenvalue weighted by Gasteiger charge is 2.19. The number of esters is 3. The SMILES string of the molecule is CC/C=C\C/C=C\C/C=C\C/C=C\CCCCCCCCCCCCCCCCCCCCCCCCC(=O)OCC(COC(=O)CCCCCCCCCCCCCC)OC(=O)CCCCCCC/C=C\CCCCCCCCC. The summed E-state index contributed by atoms with van der Waals surface area (Å²) in [5, 5.41) is 0. The molecule has 0 saturated carbocycles. The molecule has 1 unspecified atom stereocenters. The quantitative estimate of drug-likeness (QED) is 0.0261. The molecule has 0 saturated heterocycles. The lowest BCUT2D eigenvalue weighted by molar-refractivity contribution is -0.167. The molecular formula is C75H136O6. The molecule has 81 heavy (non-hydrogen) atoms. The van der Waals surface area contributed by atoms with E-state index in [1.807, 2.05) is 0 Å². The maximum absolute atomic E-state index is 12.9. The zero-order chi connectivity index (χ0) is 58.5. The molecule has 0 bridgehead atoms. The predicted molar refractivity (Wildman–Crippen MR) is 353 cm³/mol. The Morgan fingerprint density at radius 2 is 0.481 bits per heavy atom. The van der Waals surface area contributed by atoms with Crippen LogP contribution >= 0.6 is 0 Å². The van der Waals surface area contributed by atoms with Crippen molar-refractivity contribution in [2.45, 2.75) is 386 Å². The lowest BCUT2D eigenvalue weighted by Crippen LogP contribution is -2.30. The van der Waals surface area contributed by atoms with Crippen molar-refractivity contribution < 1.29 is 28.6 Å². The number of unbranched alkanes of at least 4 members (excludes halogenated alkanes) is 45. The van der Waals surface area contributed by atoms with E-state index in [0.717, 1.165) is 89.9 Å². The smallest absolute Gasteiger partial charge is 0.306 e. The number of carbonyl (C=O) groups excluding carboxylic acids is 3. The van der Waals surface area contributed by atoms with E-state index in [4.69, 9.17) is 14.2 Å². The lowest BCUT2D eigenvalue weighted by atomic mass is 10.0. The first-order valence-electron chi connectivity index (χ1n) is 35.8. The Morgan fingerprint density at radius 3 is 0.765 bits per heavy atom. The maximum atomic E-state index is 12.9. The van der Waals surface area contributed by atoms with Crippen LogP contribution in [0.5, 0.6) is 0 Å². The first kappa shape index (κ1) is 78.1. The highest BCUT2D eigenvalue weighted by Crippen LogP contribution is 2.18. The molecular weight excluding hydrogens is 997 g/mol. The topological polar surface area (TPSA) is 78.9 Å². The number of hydrogen-bond acceptors (Lipinski definition) is 6. The van der Waals surface area contributed by atoms with Crippen molar-refractivity contribution in [1.29, 1.82) is 0 Å². The van der Waals surface area contributed by atoms with Gasteiger partial charge in [-0.25, -0.2) is 0 Å². The largest absolute Gasteiger partial charge is 0.462 e. The van der Waals surface area contributed by atoms with Gasteiger partial charge in [-0.2, -0.15) is 0 Å². The lowest BCUT2D eigenvalue weighted by Gasteiger charge is -2.18. The van der Waals surface area contributed by atoms with E-state index in [-0.39, 0.29) is 31.1 Å². The van der Waals surface area contributed by atoms with E-state index in [9.17, 15) is 14.4 Å². The van der Waals surface area contributed by atoms with Gasteiger partial charge < -0.3 is 14.2 Å². The standard InChI is InChI=1S/C75H136O6/c1-4-7-10-13-16-19-22-25-27-29-30-31-32-33-34-35-36-37-38-39-40-41-42-43-44-45-46-47-49-50-53-56-59-62-65-68-74(77)80-71-72(70-79-73(76)67-64-61-58-55-52-24-21-18-15-12-9-6-3)81-75(78)69-66-63-60-57-54-51-48-28-26-23-20-17-14-11-8-5-2/h7,10,16,19,25,27-28,30-31,48,72H,4-6,8-9,11-15,17-18,20-24,26,29,32-47,49-71H2,1-3H3/b10-7-,19-16-,27-25-,31-30-,48-28-. The number of hydrogen-bond donors (Lipinski definition) is 0. The summed E-state index contributed by atoms with van der Waals surface area (Å²) in [6, 6.07) is 0. The van der Waals surface area contributed by atoms with Crippen LogP contribution < -0.4 is 0 Å². The minimum absolute atomic E-state index is 0.0705. The second kappa shape index (κ2) is 69.6. The Labute approximate surface area is 504 Å². The van der Waals surface area contributed by atoms with E-state index in [1.54, 1.807) is 0 Å². The summed E-state index contributed by atoms with van der Waals surface area (Å²) in [4.78, 5) is 38.3. The highest BCUT2D eigenvalue weighted by molar-refractivity contribution is 5.71. The molecule has 0 radical (unpaired) electrons. The van der Waals surface area contributed by atoms with Crippen molar-refractivity contribution in [2.24, 2.45) is 0 Å². The normalized spacial score (nSPS) is 12.4. The van der Waals surface area contributed by atoms with Gasteiger partial charge in [-0.3, -0.25) is 14.4 Å². The van der Waals surface area contributed by atoms with Crippen molar-refractivity contribution in [3.8, 4) is 0 Å². The van der Waals surface area contributed by atoms with Gasteiger partial charge in [-0.1, -0.05) is 338 Å². The summed E-state index contributed by atoms with van der Waals surface area (Å²) in [5.74, 6) is -0.854. The van der Waals surface area contributed by atoms with Crippen LogP contribution in [0, 0.1) is 0 Å². The van der Waals surface area contributed by atoms with Gasteiger partial charge >= 0.3 is 17.9 Å². The third-order valence-electron chi connectivity index (χ3n) is 16.0. The van der Waals surface area contributed by atoms with Crippen LogP contribution in [0.25, 0.3) is 0 Å². The fourth-order valence-corrected chi connectivity index (χ4v) is 10.7. The molecule has 0 N–H and O–H groups in total. The summed E-state index contributed by atoms with van der Waals surface area (Å²) < 4.78 is 17.0. The minimum atomic E-state index is -0.774. The molecule has 0 aliphatic carbocycles. The second-order valence-corrected chi connectivity index (χ2v) is 24.1. The monoisotopic (exact) mass is 1130 g/mol. The van der Waals surface area contributed by atoms with Gasteiger partial charge in [0.15, 0.2) is 6.10 Å². The van der Waals surface area contributed by atoms with E-state index in [0.29, 0.717) is 19.3 Å². The van der Waals surface area contributed by atoms with Crippen molar-refractivity contribution in [2.75, 3.05) is 13.2 Å². The van der Waals surface area contributed by atoms with Crippen LogP contribution in [0.3, 0.4) is 0 Å². The Hall–Kier alpha value is -2.89. The van der Waals surface area contributed by atoms with Crippen LogP contribution in [0.15, 0.2) is 60.8 Å². The Morgan fingerprint density at radius 1 is 0.259 bits per heavy atom. The Balaban J connectivity index is 4.06. The zero-order valence-corrected chi connectivity index (χ0v) is 54.3. The number of carbonyl (C=O) groups is 3. The third kappa shape index (κ3) is 67.8. The molecule has 0 aromatic rings. The Kier molecular flexibility index (Phi) is 67.1. The van der Waals surface area contributed by atoms with Gasteiger partial charge in [0, 0.05) is 19.3 Å². The number of rotatable bonds is 66. The average molecular weight is 1130 g/mol. The summed E-state index contributed by atoms with van der Waals surface area (Å²) in [5.41, 5.74) is 0. The molecule has 6 heteroatoms.